The summed E-state index contributed by atoms with van der Waals surface area (Å²) in [7, 11) is 1.89. The highest BCUT2D eigenvalue weighted by atomic mass is 32.2. The Morgan fingerprint density at radius 2 is 2.33 bits per heavy atom. The molecule has 0 aliphatic rings. The SMILES string of the molecule is Cn1cc(CSc2cccc(F)c2)cn1. The summed E-state index contributed by atoms with van der Waals surface area (Å²) in [4.78, 5) is 0.943. The molecule has 1 aromatic carbocycles. The summed E-state index contributed by atoms with van der Waals surface area (Å²) in [6, 6.07) is 6.63. The maximum absolute atomic E-state index is 12.9. The maximum Gasteiger partial charge on any atom is 0.124 e. The lowest BCUT2D eigenvalue weighted by molar-refractivity contribution is 0.624. The van der Waals surface area contributed by atoms with Gasteiger partial charge in [-0.05, 0) is 18.2 Å². The van der Waals surface area contributed by atoms with E-state index in [2.05, 4.69) is 5.10 Å². The smallest absolute Gasteiger partial charge is 0.124 e. The Morgan fingerprint density at radius 3 is 3.00 bits per heavy atom. The van der Waals surface area contributed by atoms with Crippen molar-refractivity contribution in [2.24, 2.45) is 7.05 Å². The average Bonchev–Trinajstić information content (AvgIpc) is 2.62. The highest BCUT2D eigenvalue weighted by Crippen LogP contribution is 2.22. The number of nitrogens with zero attached hydrogens (tertiary/aromatic N) is 2. The van der Waals surface area contributed by atoms with Crippen molar-refractivity contribution in [1.82, 2.24) is 9.78 Å². The molecule has 15 heavy (non-hydrogen) atoms. The van der Waals surface area contributed by atoms with Crippen molar-refractivity contribution >= 4 is 11.8 Å². The molecule has 0 radical (unpaired) electrons. The molecule has 0 N–H and O–H groups in total. The Kier molecular flexibility index (Phi) is 3.06. The molecule has 0 spiro atoms. The minimum Gasteiger partial charge on any atom is -0.276 e. The number of aryl methyl sites for hydroxylation is 1. The Morgan fingerprint density at radius 1 is 1.47 bits per heavy atom. The molecule has 0 atom stereocenters. The van der Waals surface area contributed by atoms with Crippen molar-refractivity contribution in [1.29, 1.82) is 0 Å². The molecule has 0 aliphatic carbocycles. The predicted octanol–water partition coefficient (Wildman–Crippen LogP) is 2.85. The fraction of sp³-hybridized carbons (Fsp3) is 0.182. The summed E-state index contributed by atoms with van der Waals surface area (Å²) in [5.41, 5.74) is 1.15. The van der Waals surface area contributed by atoms with Crippen LogP contribution in [-0.4, -0.2) is 9.78 Å². The fourth-order valence-corrected chi connectivity index (χ4v) is 2.12. The zero-order valence-corrected chi connectivity index (χ0v) is 9.17. The van der Waals surface area contributed by atoms with Gasteiger partial charge < -0.3 is 0 Å². The van der Waals surface area contributed by atoms with Crippen molar-refractivity contribution in [3.05, 3.63) is 48.0 Å². The van der Waals surface area contributed by atoms with Crippen LogP contribution in [0.2, 0.25) is 0 Å². The number of aromatic nitrogens is 2. The first kappa shape index (κ1) is 10.2. The van der Waals surface area contributed by atoms with E-state index in [0.717, 1.165) is 16.2 Å². The van der Waals surface area contributed by atoms with Crippen molar-refractivity contribution in [3.63, 3.8) is 0 Å². The molecule has 78 valence electrons. The minimum atomic E-state index is -0.189. The quantitative estimate of drug-likeness (QED) is 0.743. The minimum absolute atomic E-state index is 0.189. The number of thioether (sulfide) groups is 1. The normalized spacial score (nSPS) is 10.5. The predicted molar refractivity (Wildman–Crippen MR) is 59.2 cm³/mol. The van der Waals surface area contributed by atoms with Crippen LogP contribution in [0.25, 0.3) is 0 Å². The van der Waals surface area contributed by atoms with Gasteiger partial charge in [0, 0.05) is 29.5 Å². The highest BCUT2D eigenvalue weighted by molar-refractivity contribution is 7.98. The fourth-order valence-electron chi connectivity index (χ4n) is 1.27. The summed E-state index contributed by atoms with van der Waals surface area (Å²) in [5.74, 6) is 0.628. The van der Waals surface area contributed by atoms with Gasteiger partial charge in [-0.3, -0.25) is 4.68 Å². The maximum atomic E-state index is 12.9. The van der Waals surface area contributed by atoms with Gasteiger partial charge in [-0.1, -0.05) is 6.07 Å². The van der Waals surface area contributed by atoms with E-state index >= 15 is 0 Å². The van der Waals surface area contributed by atoms with Crippen LogP contribution >= 0.6 is 11.8 Å². The summed E-state index contributed by atoms with van der Waals surface area (Å²) in [6.07, 6.45) is 3.79. The number of hydrogen-bond acceptors (Lipinski definition) is 2. The molecular weight excluding hydrogens is 211 g/mol. The molecule has 1 aromatic heterocycles. The van der Waals surface area contributed by atoms with Crippen LogP contribution in [0.4, 0.5) is 4.39 Å². The van der Waals surface area contributed by atoms with Gasteiger partial charge in [-0.2, -0.15) is 5.10 Å². The summed E-state index contributed by atoms with van der Waals surface area (Å²) in [6.45, 7) is 0. The van der Waals surface area contributed by atoms with E-state index in [1.54, 1.807) is 28.6 Å². The standard InChI is InChI=1S/C11H11FN2S/c1-14-7-9(6-13-14)8-15-11-4-2-3-10(12)5-11/h2-7H,8H2,1H3. The van der Waals surface area contributed by atoms with Gasteiger partial charge in [-0.25, -0.2) is 4.39 Å². The first-order valence-electron chi connectivity index (χ1n) is 4.60. The van der Waals surface area contributed by atoms with E-state index in [9.17, 15) is 4.39 Å². The average molecular weight is 222 g/mol. The molecule has 2 aromatic rings. The molecule has 2 nitrogen and oxygen atoms in total. The van der Waals surface area contributed by atoms with Crippen LogP contribution in [-0.2, 0) is 12.8 Å². The Hall–Kier alpha value is -1.29. The number of hydrogen-bond donors (Lipinski definition) is 0. The lowest BCUT2D eigenvalue weighted by Crippen LogP contribution is -1.84. The van der Waals surface area contributed by atoms with E-state index in [1.807, 2.05) is 25.5 Å². The summed E-state index contributed by atoms with van der Waals surface area (Å²) in [5, 5.41) is 4.08. The van der Waals surface area contributed by atoms with E-state index in [-0.39, 0.29) is 5.82 Å². The first-order valence-corrected chi connectivity index (χ1v) is 5.58. The van der Waals surface area contributed by atoms with Crippen LogP contribution < -0.4 is 0 Å². The third kappa shape index (κ3) is 2.83. The van der Waals surface area contributed by atoms with Gasteiger partial charge in [-0.15, -0.1) is 11.8 Å². The van der Waals surface area contributed by atoms with E-state index in [1.165, 1.54) is 6.07 Å². The first-order chi connectivity index (χ1) is 7.24. The van der Waals surface area contributed by atoms with Gasteiger partial charge in [0.25, 0.3) is 0 Å². The van der Waals surface area contributed by atoms with E-state index in [4.69, 9.17) is 0 Å². The molecule has 2 rings (SSSR count). The van der Waals surface area contributed by atoms with E-state index < -0.39 is 0 Å². The number of rotatable bonds is 3. The second-order valence-corrected chi connectivity index (χ2v) is 4.32. The van der Waals surface area contributed by atoms with Gasteiger partial charge in [0.1, 0.15) is 5.82 Å². The molecule has 0 bridgehead atoms. The van der Waals surface area contributed by atoms with Crippen LogP contribution in [0.5, 0.6) is 0 Å². The molecule has 0 aliphatic heterocycles. The molecule has 0 fully saturated rings. The summed E-state index contributed by atoms with van der Waals surface area (Å²) >= 11 is 1.61. The van der Waals surface area contributed by atoms with Gasteiger partial charge >= 0.3 is 0 Å². The largest absolute Gasteiger partial charge is 0.276 e. The van der Waals surface area contributed by atoms with Crippen molar-refractivity contribution in [2.45, 2.75) is 10.6 Å². The molecule has 1 heterocycles. The second-order valence-electron chi connectivity index (χ2n) is 3.27. The molecule has 4 heteroatoms. The van der Waals surface area contributed by atoms with Crippen LogP contribution in [0.3, 0.4) is 0 Å². The van der Waals surface area contributed by atoms with Crippen molar-refractivity contribution in [2.75, 3.05) is 0 Å². The van der Waals surface area contributed by atoms with Crippen LogP contribution in [0, 0.1) is 5.82 Å². The third-order valence-electron chi connectivity index (χ3n) is 1.96. The molecule has 0 unspecified atom stereocenters. The molecule has 0 saturated heterocycles. The topological polar surface area (TPSA) is 17.8 Å². The Labute approximate surface area is 92.1 Å². The van der Waals surface area contributed by atoms with Crippen molar-refractivity contribution < 1.29 is 4.39 Å². The second kappa shape index (κ2) is 4.49. The van der Waals surface area contributed by atoms with Crippen LogP contribution in [0.1, 0.15) is 5.56 Å². The monoisotopic (exact) mass is 222 g/mol. The molecule has 0 saturated carbocycles. The highest BCUT2D eigenvalue weighted by Gasteiger charge is 1.99. The Bertz CT molecular complexity index is 453. The number of halogens is 1. The number of benzene rings is 1. The van der Waals surface area contributed by atoms with E-state index in [0.29, 0.717) is 0 Å². The zero-order chi connectivity index (χ0) is 10.7. The zero-order valence-electron chi connectivity index (χ0n) is 8.35. The third-order valence-corrected chi connectivity index (χ3v) is 3.02. The van der Waals surface area contributed by atoms with Gasteiger partial charge in [0.15, 0.2) is 0 Å². The molecule has 0 amide bonds. The Balaban J connectivity index is 1.99. The van der Waals surface area contributed by atoms with Gasteiger partial charge in [0.2, 0.25) is 0 Å². The lowest BCUT2D eigenvalue weighted by atomic mass is 10.3. The lowest BCUT2D eigenvalue weighted by Gasteiger charge is -1.99. The van der Waals surface area contributed by atoms with Crippen molar-refractivity contribution in [3.8, 4) is 0 Å². The van der Waals surface area contributed by atoms with Crippen LogP contribution in [0.15, 0.2) is 41.6 Å². The summed E-state index contributed by atoms with van der Waals surface area (Å²) < 4.78 is 14.6. The molecular formula is C11H11FN2S. The van der Waals surface area contributed by atoms with Gasteiger partial charge in [0.05, 0.1) is 6.20 Å².